The van der Waals surface area contributed by atoms with Crippen LogP contribution in [0.1, 0.15) is 6.42 Å². The molecule has 0 rings (SSSR count). The van der Waals surface area contributed by atoms with E-state index >= 15 is 0 Å². The molecule has 10 heavy (non-hydrogen) atoms. The fraction of sp³-hybridized carbons (Fsp3) is 0.500. The maximum absolute atomic E-state index is 11.3. The average molecular weight is 171 g/mol. The van der Waals surface area contributed by atoms with Crippen molar-refractivity contribution < 1.29 is 22.8 Å². The number of hydrogen-bond acceptors (Lipinski definition) is 3. The van der Waals surface area contributed by atoms with Crippen LogP contribution in [0.4, 0.5) is 13.2 Å². The molecule has 0 aromatic carbocycles. The monoisotopic (exact) mass is 171 g/mol. The van der Waals surface area contributed by atoms with Gasteiger partial charge in [0.05, 0.1) is 6.42 Å². The topological polar surface area (TPSA) is 34.1 Å². The van der Waals surface area contributed by atoms with Crippen LogP contribution < -0.4 is 0 Å². The molecule has 2 nitrogen and oxygen atoms in total. The molecule has 0 bridgehead atoms. The zero-order valence-electron chi connectivity index (χ0n) is 4.57. The highest BCUT2D eigenvalue weighted by Gasteiger charge is 2.37. The van der Waals surface area contributed by atoms with Crippen LogP contribution in [0, 0.1) is 0 Å². The van der Waals surface area contributed by atoms with Gasteiger partial charge in [-0.1, -0.05) is 0 Å². The van der Waals surface area contributed by atoms with Gasteiger partial charge < -0.3 is 17.4 Å². The Morgan fingerprint density at radius 1 is 1.30 bits per heavy atom. The summed E-state index contributed by atoms with van der Waals surface area (Å²) in [6.45, 7) is 0. The van der Waals surface area contributed by atoms with Crippen LogP contribution in [0.3, 0.4) is 0 Å². The fourth-order valence-corrected chi connectivity index (χ4v) is 0.362. The van der Waals surface area contributed by atoms with E-state index in [0.717, 1.165) is 0 Å². The smallest absolute Gasteiger partial charge is 0.450 e. The Balaban J connectivity index is 3.99. The molecule has 0 aromatic heterocycles. The number of hydrogen-bond donors (Lipinski definition) is 0. The van der Waals surface area contributed by atoms with Crippen molar-refractivity contribution >= 4 is 23.5 Å². The largest absolute Gasteiger partial charge is 0.742 e. The second kappa shape index (κ2) is 2.96. The molecule has 0 radical (unpaired) electrons. The van der Waals surface area contributed by atoms with Crippen molar-refractivity contribution in [3.63, 3.8) is 0 Å². The number of carbonyl (C=O) groups excluding carboxylic acids is 2. The van der Waals surface area contributed by atoms with E-state index in [9.17, 15) is 22.8 Å². The van der Waals surface area contributed by atoms with Crippen LogP contribution in [0.2, 0.25) is 0 Å². The number of ketones is 1. The minimum Gasteiger partial charge on any atom is -0.742 e. The van der Waals surface area contributed by atoms with Crippen molar-refractivity contribution in [1.82, 2.24) is 0 Å². The molecule has 0 atom stereocenters. The van der Waals surface area contributed by atoms with E-state index in [-0.39, 0.29) is 0 Å². The number of carbonyl (C=O) groups is 2. The summed E-state index contributed by atoms with van der Waals surface area (Å²) in [6, 6.07) is 0. The Kier molecular flexibility index (Phi) is 2.77. The van der Waals surface area contributed by atoms with Gasteiger partial charge in [-0.25, -0.2) is 0 Å². The van der Waals surface area contributed by atoms with Gasteiger partial charge in [0, 0.05) is 5.12 Å². The molecule has 0 N–H and O–H groups in total. The molecule has 0 aromatic rings. The van der Waals surface area contributed by atoms with Crippen LogP contribution in [-0.4, -0.2) is 17.1 Å². The van der Waals surface area contributed by atoms with Crippen molar-refractivity contribution in [3.05, 3.63) is 0 Å². The van der Waals surface area contributed by atoms with Crippen LogP contribution in [0.15, 0.2) is 0 Å². The molecule has 0 aliphatic carbocycles. The van der Waals surface area contributed by atoms with Crippen LogP contribution in [0.25, 0.3) is 0 Å². The summed E-state index contributed by atoms with van der Waals surface area (Å²) in [7, 11) is 0. The maximum atomic E-state index is 11.3. The molecule has 0 saturated heterocycles. The van der Waals surface area contributed by atoms with Crippen molar-refractivity contribution in [3.8, 4) is 0 Å². The third-order valence-electron chi connectivity index (χ3n) is 0.621. The van der Waals surface area contributed by atoms with E-state index in [0.29, 0.717) is 0 Å². The summed E-state index contributed by atoms with van der Waals surface area (Å²) >= 11 is 3.76. The molecule has 0 saturated carbocycles. The van der Waals surface area contributed by atoms with Gasteiger partial charge in [-0.3, -0.25) is 4.79 Å². The molecule has 0 amide bonds. The lowest BCUT2D eigenvalue weighted by molar-refractivity contribution is -0.171. The lowest BCUT2D eigenvalue weighted by atomic mass is 10.3. The molecule has 0 spiro atoms. The molecule has 58 valence electrons. The lowest BCUT2D eigenvalue weighted by Crippen LogP contribution is -2.24. The van der Waals surface area contributed by atoms with Gasteiger partial charge in [-0.15, -0.1) is 0 Å². The van der Waals surface area contributed by atoms with Crippen molar-refractivity contribution in [2.75, 3.05) is 0 Å². The van der Waals surface area contributed by atoms with E-state index in [2.05, 4.69) is 12.6 Å². The van der Waals surface area contributed by atoms with Gasteiger partial charge in [0.1, 0.15) is 0 Å². The first-order chi connectivity index (χ1) is 4.34. The lowest BCUT2D eigenvalue weighted by Gasteiger charge is -2.05. The van der Waals surface area contributed by atoms with Crippen LogP contribution in [0.5, 0.6) is 0 Å². The number of alkyl halides is 3. The number of halogens is 3. The molecule has 0 heterocycles. The van der Waals surface area contributed by atoms with Gasteiger partial charge in [0.25, 0.3) is 0 Å². The summed E-state index contributed by atoms with van der Waals surface area (Å²) in [5.41, 5.74) is 0. The Bertz CT molecular complexity index is 162. The Hall–Kier alpha value is -0.650. The molecule has 0 unspecified atom stereocenters. The van der Waals surface area contributed by atoms with Crippen molar-refractivity contribution in [1.29, 1.82) is 0 Å². The van der Waals surface area contributed by atoms with Crippen LogP contribution >= 0.6 is 0 Å². The van der Waals surface area contributed by atoms with E-state index < -0.39 is 23.5 Å². The van der Waals surface area contributed by atoms with Gasteiger partial charge in [-0.2, -0.15) is 13.2 Å². The zero-order valence-corrected chi connectivity index (χ0v) is 5.38. The summed E-state index contributed by atoms with van der Waals surface area (Å²) in [6.07, 6.45) is -6.17. The SMILES string of the molecule is O=C([S-])CC(=O)C(F)(F)F. The minimum absolute atomic E-state index is 1.19. The summed E-state index contributed by atoms with van der Waals surface area (Å²) < 4.78 is 33.8. The van der Waals surface area contributed by atoms with E-state index in [1.807, 2.05) is 0 Å². The predicted octanol–water partition coefficient (Wildman–Crippen LogP) is 0.581. The van der Waals surface area contributed by atoms with Crippen molar-refractivity contribution in [2.24, 2.45) is 0 Å². The Morgan fingerprint density at radius 3 is 1.80 bits per heavy atom. The molecule has 6 heteroatoms. The second-order valence-corrected chi connectivity index (χ2v) is 1.93. The molecule has 0 aliphatic heterocycles. The Labute approximate surface area is 59.8 Å². The molecule has 0 fully saturated rings. The third-order valence-corrected chi connectivity index (χ3v) is 0.765. The highest BCUT2D eigenvalue weighted by atomic mass is 32.1. The zero-order chi connectivity index (χ0) is 8.36. The standard InChI is InChI=1S/C4H3F3O2S/c5-4(6,7)2(8)1-3(9)10/h1H2,(H,9,10)/p-1. The summed E-state index contributed by atoms with van der Waals surface area (Å²) in [4.78, 5) is 19.7. The molecular weight excluding hydrogens is 169 g/mol. The van der Waals surface area contributed by atoms with Gasteiger partial charge in [0.15, 0.2) is 0 Å². The quantitative estimate of drug-likeness (QED) is 0.450. The van der Waals surface area contributed by atoms with Crippen LogP contribution in [-0.2, 0) is 22.2 Å². The minimum atomic E-state index is -4.94. The fourth-order valence-electron chi connectivity index (χ4n) is 0.231. The van der Waals surface area contributed by atoms with Gasteiger partial charge in [-0.05, 0) is 0 Å². The van der Waals surface area contributed by atoms with Crippen molar-refractivity contribution in [2.45, 2.75) is 12.6 Å². The maximum Gasteiger partial charge on any atom is 0.450 e. The molecular formula is C4H2F3O2S-. The highest BCUT2D eigenvalue weighted by Crippen LogP contribution is 2.17. The van der Waals surface area contributed by atoms with Gasteiger partial charge >= 0.3 is 6.18 Å². The van der Waals surface area contributed by atoms with E-state index in [1.54, 1.807) is 0 Å². The summed E-state index contributed by atoms with van der Waals surface area (Å²) in [5, 5.41) is -1.19. The normalized spacial score (nSPS) is 11.1. The predicted molar refractivity (Wildman–Crippen MR) is 28.1 cm³/mol. The first kappa shape index (κ1) is 9.35. The highest BCUT2D eigenvalue weighted by molar-refractivity contribution is 7.77. The van der Waals surface area contributed by atoms with E-state index in [4.69, 9.17) is 0 Å². The molecule has 0 aliphatic rings. The third kappa shape index (κ3) is 3.39. The second-order valence-electron chi connectivity index (χ2n) is 1.47. The van der Waals surface area contributed by atoms with E-state index in [1.165, 1.54) is 0 Å². The first-order valence-corrected chi connectivity index (χ1v) is 2.54. The number of Topliss-reactive ketones (excluding diaryl/α,β-unsaturated/α-hetero) is 1. The first-order valence-electron chi connectivity index (χ1n) is 2.14. The average Bonchev–Trinajstić information content (AvgIpc) is 1.60. The summed E-state index contributed by atoms with van der Waals surface area (Å²) in [5.74, 6) is -2.09. The number of rotatable bonds is 2. The van der Waals surface area contributed by atoms with Gasteiger partial charge in [0.2, 0.25) is 5.78 Å². The Morgan fingerprint density at radius 2 is 1.70 bits per heavy atom.